The molecule has 0 heterocycles. The number of hydrogen-bond acceptors (Lipinski definition) is 1. The molecular formula is C12H34OSi4. The predicted molar refractivity (Wildman–Crippen MR) is 92.4 cm³/mol. The molecule has 0 aliphatic rings. The highest BCUT2D eigenvalue weighted by Crippen LogP contribution is 2.58. The summed E-state index contributed by atoms with van der Waals surface area (Å²) < 4.78 is 48.5. The van der Waals surface area contributed by atoms with Crippen LogP contribution >= 0.6 is 0 Å². The Balaban J connectivity index is 7.46. The average Bonchev–Trinajstić information content (AvgIpc) is 2.05. The van der Waals surface area contributed by atoms with Gasteiger partial charge in [0.2, 0.25) is 0 Å². The Bertz CT molecular complexity index is 389. The first-order chi connectivity index (χ1) is 9.50. The van der Waals surface area contributed by atoms with E-state index in [1.54, 1.807) is 13.1 Å². The van der Waals surface area contributed by atoms with Crippen LogP contribution in [0.1, 0.15) is 8.22 Å². The van der Waals surface area contributed by atoms with E-state index in [9.17, 15) is 4.80 Å². The van der Waals surface area contributed by atoms with Gasteiger partial charge in [0.1, 0.15) is 0 Å². The molecule has 1 nitrogen and oxygen atoms in total. The van der Waals surface area contributed by atoms with Gasteiger partial charge in [-0.3, -0.25) is 0 Å². The zero-order chi connectivity index (χ0) is 19.5. The molecule has 0 spiro atoms. The van der Waals surface area contributed by atoms with Crippen molar-refractivity contribution in [3.8, 4) is 0 Å². The quantitative estimate of drug-likeness (QED) is 0.755. The molecule has 17 heavy (non-hydrogen) atoms. The minimum atomic E-state index is -3.90. The lowest BCUT2D eigenvalue weighted by Crippen LogP contribution is -2.75. The van der Waals surface area contributed by atoms with Gasteiger partial charge < -0.3 is 4.80 Å². The second kappa shape index (κ2) is 4.44. The summed E-state index contributed by atoms with van der Waals surface area (Å²) in [7, 11) is -11.7. The van der Waals surface area contributed by atoms with Crippen molar-refractivity contribution in [2.24, 2.45) is 0 Å². The van der Waals surface area contributed by atoms with Crippen LogP contribution in [0, 0.1) is 0 Å². The molecule has 0 aromatic carbocycles. The van der Waals surface area contributed by atoms with Gasteiger partial charge in [-0.2, -0.15) is 0 Å². The summed E-state index contributed by atoms with van der Waals surface area (Å²) in [6, 6.07) is 0. The highest BCUT2D eigenvalue weighted by atomic mass is 28.5. The zero-order valence-electron chi connectivity index (χ0n) is 18.9. The van der Waals surface area contributed by atoms with E-state index in [1.165, 1.54) is 6.55 Å². The van der Waals surface area contributed by atoms with Crippen molar-refractivity contribution in [3.63, 3.8) is 0 Å². The van der Waals surface area contributed by atoms with E-state index in [1.807, 2.05) is 0 Å². The van der Waals surface area contributed by atoms with Gasteiger partial charge in [-0.05, 0) is 17.0 Å². The summed E-state index contributed by atoms with van der Waals surface area (Å²) in [5.41, 5.74) is 0. The van der Waals surface area contributed by atoms with Gasteiger partial charge in [-0.1, -0.05) is 58.8 Å². The van der Waals surface area contributed by atoms with Crippen molar-refractivity contribution >= 4 is 32.5 Å². The highest BCUT2D eigenvalue weighted by molar-refractivity contribution is 7.28. The third-order valence-corrected chi connectivity index (χ3v) is 35.3. The number of hydrogen-bond donors (Lipinski definition) is 1. The van der Waals surface area contributed by atoms with E-state index < -0.39 is 49.4 Å². The lowest BCUT2D eigenvalue weighted by atomic mass is 11.6. The molecule has 5 heteroatoms. The van der Waals surface area contributed by atoms with E-state index in [0.717, 1.165) is 0 Å². The molecule has 0 aliphatic carbocycles. The standard InChI is InChI=1S/C12H34OSi4/c1-14(2,3)12(15(4,5)6,16(7,8)9)17(10,11)13/h13H,1-11H3/i1D3,2D3. The Labute approximate surface area is 122 Å². The molecule has 0 bridgehead atoms. The van der Waals surface area contributed by atoms with Gasteiger partial charge >= 0.3 is 0 Å². The second-order valence-corrected chi connectivity index (χ2v) is 28.3. The number of rotatable bonds is 4. The van der Waals surface area contributed by atoms with Gasteiger partial charge in [-0.25, -0.2) is 0 Å². The molecule has 0 aromatic rings. The summed E-state index contributed by atoms with van der Waals surface area (Å²) in [5.74, 6) is 0. The van der Waals surface area contributed by atoms with Crippen LogP contribution < -0.4 is 0 Å². The van der Waals surface area contributed by atoms with Crippen molar-refractivity contribution in [2.75, 3.05) is 0 Å². The Morgan fingerprint density at radius 3 is 1.06 bits per heavy atom. The molecule has 0 aromatic heterocycles. The Morgan fingerprint density at radius 1 is 0.706 bits per heavy atom. The third kappa shape index (κ3) is 2.73. The second-order valence-electron chi connectivity index (χ2n) is 7.93. The fourth-order valence-corrected chi connectivity index (χ4v) is 45.6. The molecule has 0 amide bonds. The topological polar surface area (TPSA) is 20.2 Å². The molecule has 104 valence electrons. The molecule has 0 rings (SSSR count). The monoisotopic (exact) mass is 312 g/mol. The fraction of sp³-hybridized carbons (Fsp3) is 1.00. The van der Waals surface area contributed by atoms with Crippen LogP contribution in [-0.4, -0.2) is 37.3 Å². The summed E-state index contributed by atoms with van der Waals surface area (Å²) in [6.45, 7) is 12.3. The lowest BCUT2D eigenvalue weighted by molar-refractivity contribution is 0.543. The summed E-state index contributed by atoms with van der Waals surface area (Å²) in [5, 5.41) is 0. The molecule has 0 saturated carbocycles. The van der Waals surface area contributed by atoms with E-state index in [-0.39, 0.29) is 0 Å². The first-order valence-electron chi connectivity index (χ1n) is 9.22. The van der Waals surface area contributed by atoms with E-state index >= 15 is 0 Å². The summed E-state index contributed by atoms with van der Waals surface area (Å²) in [6.07, 6.45) is 0. The van der Waals surface area contributed by atoms with Crippen molar-refractivity contribution in [1.82, 2.24) is 0 Å². The van der Waals surface area contributed by atoms with E-state index in [0.29, 0.717) is 0 Å². The molecule has 0 radical (unpaired) electrons. The Morgan fingerprint density at radius 2 is 1.00 bits per heavy atom. The van der Waals surface area contributed by atoms with Crippen LogP contribution in [-0.2, 0) is 0 Å². The van der Waals surface area contributed by atoms with E-state index in [2.05, 4.69) is 39.3 Å². The first-order valence-corrected chi connectivity index (χ1v) is 18.7. The maximum atomic E-state index is 11.4. The van der Waals surface area contributed by atoms with Gasteiger partial charge in [0.25, 0.3) is 0 Å². The highest BCUT2D eigenvalue weighted by Gasteiger charge is 2.67. The molecule has 0 atom stereocenters. The van der Waals surface area contributed by atoms with Gasteiger partial charge in [0, 0.05) is 32.4 Å². The largest absolute Gasteiger partial charge is 0.433 e. The van der Waals surface area contributed by atoms with Gasteiger partial charge in [-0.15, -0.1) is 0 Å². The normalized spacial score (nSPS) is 22.9. The first kappa shape index (κ1) is 9.69. The third-order valence-electron chi connectivity index (χ3n) is 3.92. The molecule has 1 N–H and O–H groups in total. The SMILES string of the molecule is [2H]C([2H])([2H])[Si](C)(C([2H])([2H])[2H])C([Si](C)(C)C)([Si](C)(C)C)[Si](C)(C)O. The van der Waals surface area contributed by atoms with Crippen LogP contribution in [0.3, 0.4) is 0 Å². The predicted octanol–water partition coefficient (Wildman–Crippen LogP) is 4.56. The minimum absolute atomic E-state index is 0.878. The maximum absolute atomic E-state index is 11.4. The van der Waals surface area contributed by atoms with Crippen LogP contribution in [0.25, 0.3) is 0 Å². The molecule has 0 aliphatic heterocycles. The van der Waals surface area contributed by atoms with Crippen molar-refractivity contribution in [1.29, 1.82) is 0 Å². The Kier molecular flexibility index (Phi) is 2.53. The average molecular weight is 313 g/mol. The summed E-state index contributed by atoms with van der Waals surface area (Å²) >= 11 is 0. The maximum Gasteiger partial charge on any atom is 0.180 e. The lowest BCUT2D eigenvalue weighted by Gasteiger charge is -2.63. The molecule has 0 fully saturated rings. The Hall–Kier alpha value is 0.828. The smallest absolute Gasteiger partial charge is 0.180 e. The van der Waals surface area contributed by atoms with Crippen LogP contribution in [0.15, 0.2) is 0 Å². The molecule has 0 saturated heterocycles. The van der Waals surface area contributed by atoms with Crippen molar-refractivity contribution in [3.05, 3.63) is 0 Å². The van der Waals surface area contributed by atoms with Crippen molar-refractivity contribution < 1.29 is 13.0 Å². The van der Waals surface area contributed by atoms with Gasteiger partial charge in [0.15, 0.2) is 8.32 Å². The molecule has 0 unspecified atom stereocenters. The summed E-state index contributed by atoms with van der Waals surface area (Å²) in [4.78, 5) is 11.4. The van der Waals surface area contributed by atoms with Crippen LogP contribution in [0.2, 0.25) is 75.8 Å². The van der Waals surface area contributed by atoms with Crippen LogP contribution in [0.5, 0.6) is 0 Å². The zero-order valence-corrected chi connectivity index (χ0v) is 16.9. The van der Waals surface area contributed by atoms with Crippen LogP contribution in [0.4, 0.5) is 0 Å². The van der Waals surface area contributed by atoms with Crippen molar-refractivity contribution in [2.45, 2.75) is 75.8 Å². The minimum Gasteiger partial charge on any atom is -0.433 e. The van der Waals surface area contributed by atoms with E-state index in [4.69, 9.17) is 8.22 Å². The fourth-order valence-electron chi connectivity index (χ4n) is 5.07. The molecular weight excluding hydrogens is 272 g/mol. The van der Waals surface area contributed by atoms with Gasteiger partial charge in [0.05, 0.1) is 0 Å².